The Bertz CT molecular complexity index is 791. The van der Waals surface area contributed by atoms with Crippen LogP contribution in [0.5, 0.6) is 0 Å². The van der Waals surface area contributed by atoms with Gasteiger partial charge in [0.15, 0.2) is 8.32 Å². The van der Waals surface area contributed by atoms with E-state index in [9.17, 15) is 0 Å². The monoisotopic (exact) mass is 441 g/mol. The highest BCUT2D eigenvalue weighted by molar-refractivity contribution is 6.74. The smallest absolute Gasteiger partial charge is 0.192 e. The fourth-order valence-electron chi connectivity index (χ4n) is 3.97. The van der Waals surface area contributed by atoms with Crippen molar-refractivity contribution in [3.63, 3.8) is 0 Å². The Morgan fingerprint density at radius 3 is 2.10 bits per heavy atom. The van der Waals surface area contributed by atoms with Gasteiger partial charge >= 0.3 is 0 Å². The van der Waals surface area contributed by atoms with Gasteiger partial charge in [0, 0.05) is 18.7 Å². The van der Waals surface area contributed by atoms with Gasteiger partial charge in [-0.05, 0) is 54.4 Å². The van der Waals surface area contributed by atoms with Crippen LogP contribution in [0.15, 0.2) is 60.7 Å². The number of hydrogen-bond donors (Lipinski definition) is 1. The van der Waals surface area contributed by atoms with E-state index in [1.54, 1.807) is 0 Å². The van der Waals surface area contributed by atoms with E-state index >= 15 is 4.39 Å². The first-order valence-electron chi connectivity index (χ1n) is 11.6. The molecule has 0 saturated heterocycles. The van der Waals surface area contributed by atoms with Gasteiger partial charge in [0.2, 0.25) is 0 Å². The van der Waals surface area contributed by atoms with Crippen molar-refractivity contribution in [3.05, 3.63) is 71.8 Å². The molecule has 0 heterocycles. The lowest BCUT2D eigenvalue weighted by Crippen LogP contribution is -2.44. The molecule has 0 aromatic heterocycles. The molecule has 0 aliphatic heterocycles. The van der Waals surface area contributed by atoms with E-state index in [1.165, 1.54) is 5.56 Å². The summed E-state index contributed by atoms with van der Waals surface area (Å²) in [6.45, 7) is 12.0. The van der Waals surface area contributed by atoms with Crippen molar-refractivity contribution in [2.24, 2.45) is 5.92 Å². The molecule has 2 aromatic rings. The summed E-state index contributed by atoms with van der Waals surface area (Å²) < 4.78 is 21.7. The summed E-state index contributed by atoms with van der Waals surface area (Å²) in [5.74, 6) is 0.0534. The molecule has 0 fully saturated rings. The van der Waals surface area contributed by atoms with E-state index in [0.29, 0.717) is 19.4 Å². The molecule has 0 saturated carbocycles. The fraction of sp³-hybridized carbons (Fsp3) is 0.519. The molecule has 4 heteroatoms. The molecule has 0 aliphatic carbocycles. The summed E-state index contributed by atoms with van der Waals surface area (Å²) in [6.07, 6.45) is 2.51. The summed E-state index contributed by atoms with van der Waals surface area (Å²) >= 11 is 0. The molecule has 2 nitrogen and oxygen atoms in total. The van der Waals surface area contributed by atoms with Crippen LogP contribution in [0.25, 0.3) is 0 Å². The summed E-state index contributed by atoms with van der Waals surface area (Å²) in [7, 11) is -1.95. The van der Waals surface area contributed by atoms with Crippen LogP contribution in [0, 0.1) is 11.3 Å². The van der Waals surface area contributed by atoms with Crippen molar-refractivity contribution in [1.29, 1.82) is 5.41 Å². The normalized spacial score (nSPS) is 14.3. The van der Waals surface area contributed by atoms with Crippen LogP contribution in [0.4, 0.5) is 4.39 Å². The van der Waals surface area contributed by atoms with Crippen LogP contribution in [0.2, 0.25) is 18.1 Å². The first-order valence-corrected chi connectivity index (χ1v) is 14.5. The standard InChI is InChI=1S/C27H40FNOSi/c1-6-17-27(2,3)31(4,5)30-21-24(18-22-13-9-7-10-14-22)19-25(28)26(29)20-23-15-11-8-12-16-23/h7-16,24-25,29H,6,17-21H2,1-5H3/t24-,25-/m1/s1. The average molecular weight is 442 g/mol. The van der Waals surface area contributed by atoms with Crippen molar-refractivity contribution in [3.8, 4) is 0 Å². The first kappa shape index (κ1) is 25.5. The summed E-state index contributed by atoms with van der Waals surface area (Å²) in [5, 5.41) is 8.48. The topological polar surface area (TPSA) is 33.1 Å². The highest BCUT2D eigenvalue weighted by Crippen LogP contribution is 2.42. The molecule has 0 unspecified atom stereocenters. The average Bonchev–Trinajstić information content (AvgIpc) is 2.73. The summed E-state index contributed by atoms with van der Waals surface area (Å²) in [5.41, 5.74) is 2.35. The lowest BCUT2D eigenvalue weighted by molar-refractivity contribution is 0.197. The third kappa shape index (κ3) is 8.01. The van der Waals surface area contributed by atoms with Gasteiger partial charge in [-0.25, -0.2) is 4.39 Å². The zero-order valence-corrected chi connectivity index (χ0v) is 21.0. The van der Waals surface area contributed by atoms with Crippen LogP contribution in [-0.4, -0.2) is 26.8 Å². The Morgan fingerprint density at radius 2 is 1.55 bits per heavy atom. The van der Waals surface area contributed by atoms with Gasteiger partial charge in [0.05, 0.1) is 0 Å². The van der Waals surface area contributed by atoms with E-state index in [2.05, 4.69) is 46.0 Å². The van der Waals surface area contributed by atoms with E-state index in [-0.39, 0.29) is 16.7 Å². The Balaban J connectivity index is 2.06. The second kappa shape index (κ2) is 11.7. The Kier molecular flexibility index (Phi) is 9.64. The van der Waals surface area contributed by atoms with E-state index in [4.69, 9.17) is 9.84 Å². The van der Waals surface area contributed by atoms with Crippen molar-refractivity contribution < 1.29 is 8.82 Å². The molecule has 2 rings (SSSR count). The molecule has 0 spiro atoms. The van der Waals surface area contributed by atoms with Gasteiger partial charge < -0.3 is 9.84 Å². The zero-order valence-electron chi connectivity index (χ0n) is 20.0. The molecule has 170 valence electrons. The van der Waals surface area contributed by atoms with Crippen LogP contribution < -0.4 is 0 Å². The summed E-state index contributed by atoms with van der Waals surface area (Å²) in [4.78, 5) is 0. The van der Waals surface area contributed by atoms with Gasteiger partial charge in [0.1, 0.15) is 6.17 Å². The second-order valence-corrected chi connectivity index (χ2v) is 14.6. The van der Waals surface area contributed by atoms with E-state index in [0.717, 1.165) is 24.8 Å². The molecule has 2 atom stereocenters. The Hall–Kier alpha value is -1.78. The van der Waals surface area contributed by atoms with Crippen molar-refractivity contribution >= 4 is 14.0 Å². The lowest BCUT2D eigenvalue weighted by Gasteiger charge is -2.40. The fourth-order valence-corrected chi connectivity index (χ4v) is 5.86. The zero-order chi connectivity index (χ0) is 22.9. The SMILES string of the molecule is CCCC(C)(C)[Si](C)(C)OC[C@H](Cc1ccccc1)C[C@@H](F)C(=N)Cc1ccccc1. The first-order chi connectivity index (χ1) is 14.6. The molecule has 0 aliphatic rings. The predicted octanol–water partition coefficient (Wildman–Crippen LogP) is 7.64. The van der Waals surface area contributed by atoms with Crippen molar-refractivity contribution in [1.82, 2.24) is 0 Å². The number of nitrogens with one attached hydrogen (secondary N) is 1. The third-order valence-corrected chi connectivity index (χ3v) is 11.1. The minimum atomic E-state index is -1.95. The van der Waals surface area contributed by atoms with Crippen LogP contribution in [-0.2, 0) is 17.3 Å². The van der Waals surface area contributed by atoms with E-state index < -0.39 is 14.5 Å². The highest BCUT2D eigenvalue weighted by atomic mass is 28.4. The van der Waals surface area contributed by atoms with Crippen molar-refractivity contribution in [2.45, 2.75) is 77.2 Å². The number of benzene rings is 2. The van der Waals surface area contributed by atoms with Crippen molar-refractivity contribution in [2.75, 3.05) is 6.61 Å². The molecule has 0 amide bonds. The van der Waals surface area contributed by atoms with Crippen LogP contribution in [0.3, 0.4) is 0 Å². The number of halogens is 1. The maximum atomic E-state index is 15.1. The van der Waals surface area contributed by atoms with E-state index in [1.807, 2.05) is 48.5 Å². The largest absolute Gasteiger partial charge is 0.417 e. The lowest BCUT2D eigenvalue weighted by atomic mass is 9.92. The Morgan fingerprint density at radius 1 is 1.00 bits per heavy atom. The van der Waals surface area contributed by atoms with Crippen LogP contribution >= 0.6 is 0 Å². The van der Waals surface area contributed by atoms with Gasteiger partial charge in [0.25, 0.3) is 0 Å². The molecule has 31 heavy (non-hydrogen) atoms. The molecule has 1 N–H and O–H groups in total. The second-order valence-electron chi connectivity index (χ2n) is 9.90. The number of hydrogen-bond acceptors (Lipinski definition) is 2. The minimum Gasteiger partial charge on any atom is -0.417 e. The molecule has 0 bridgehead atoms. The van der Waals surface area contributed by atoms with Crippen LogP contribution in [0.1, 0.15) is 51.2 Å². The maximum Gasteiger partial charge on any atom is 0.192 e. The predicted molar refractivity (Wildman–Crippen MR) is 133 cm³/mol. The maximum absolute atomic E-state index is 15.1. The molecular formula is C27H40FNOSi. The number of alkyl halides is 1. The summed E-state index contributed by atoms with van der Waals surface area (Å²) in [6, 6.07) is 20.0. The molecule has 2 aromatic carbocycles. The molecular weight excluding hydrogens is 401 g/mol. The Labute approximate surface area is 189 Å². The van der Waals surface area contributed by atoms with Gasteiger partial charge in [-0.3, -0.25) is 0 Å². The quantitative estimate of drug-likeness (QED) is 0.251. The number of rotatable bonds is 13. The minimum absolute atomic E-state index is 0.0534. The van der Waals surface area contributed by atoms with Gasteiger partial charge in [-0.2, -0.15) is 0 Å². The van der Waals surface area contributed by atoms with Gasteiger partial charge in [-0.15, -0.1) is 0 Å². The van der Waals surface area contributed by atoms with Gasteiger partial charge in [-0.1, -0.05) is 87.9 Å². The highest BCUT2D eigenvalue weighted by Gasteiger charge is 2.40. The molecule has 0 radical (unpaired) electrons. The third-order valence-electron chi connectivity index (χ3n) is 6.71.